The van der Waals surface area contributed by atoms with Crippen molar-refractivity contribution >= 4 is 0 Å². The molecule has 1 nitrogen and oxygen atoms in total. The standard InChI is InChI=1S/C15H21F2N/c1-2-10-18-14-9-4-3-6-11(14)12-7-5-8-13(16)15(12)17/h5,7-8,11,14,18H,2-4,6,9-10H2,1H3. The van der Waals surface area contributed by atoms with Crippen molar-refractivity contribution in [3.8, 4) is 0 Å². The fourth-order valence-corrected chi connectivity index (χ4v) is 2.88. The highest BCUT2D eigenvalue weighted by atomic mass is 19.2. The molecule has 18 heavy (non-hydrogen) atoms. The Morgan fingerprint density at radius 1 is 1.22 bits per heavy atom. The molecule has 0 heterocycles. The summed E-state index contributed by atoms with van der Waals surface area (Å²) in [6.07, 6.45) is 5.34. The van der Waals surface area contributed by atoms with Crippen LogP contribution in [0, 0.1) is 11.6 Å². The van der Waals surface area contributed by atoms with E-state index in [4.69, 9.17) is 0 Å². The summed E-state index contributed by atoms with van der Waals surface area (Å²) >= 11 is 0. The molecule has 100 valence electrons. The van der Waals surface area contributed by atoms with E-state index in [-0.39, 0.29) is 12.0 Å². The van der Waals surface area contributed by atoms with Gasteiger partial charge < -0.3 is 5.32 Å². The van der Waals surface area contributed by atoms with Gasteiger partial charge >= 0.3 is 0 Å². The Kier molecular flexibility index (Phi) is 4.70. The first-order chi connectivity index (χ1) is 8.74. The van der Waals surface area contributed by atoms with Crippen molar-refractivity contribution in [3.63, 3.8) is 0 Å². The molecule has 1 N–H and O–H groups in total. The van der Waals surface area contributed by atoms with Gasteiger partial charge in [0.1, 0.15) is 0 Å². The zero-order valence-corrected chi connectivity index (χ0v) is 10.9. The van der Waals surface area contributed by atoms with E-state index in [1.807, 2.05) is 0 Å². The van der Waals surface area contributed by atoms with Gasteiger partial charge in [-0.25, -0.2) is 8.78 Å². The third kappa shape index (κ3) is 2.89. The van der Waals surface area contributed by atoms with Crippen LogP contribution in [0.15, 0.2) is 18.2 Å². The second-order valence-electron chi connectivity index (χ2n) is 5.09. The van der Waals surface area contributed by atoms with E-state index < -0.39 is 11.6 Å². The van der Waals surface area contributed by atoms with Gasteiger partial charge in [-0.05, 0) is 37.4 Å². The average molecular weight is 253 g/mol. The third-order valence-corrected chi connectivity index (χ3v) is 3.80. The van der Waals surface area contributed by atoms with Crippen LogP contribution in [0.2, 0.25) is 0 Å². The Morgan fingerprint density at radius 3 is 2.78 bits per heavy atom. The number of hydrogen-bond acceptors (Lipinski definition) is 1. The van der Waals surface area contributed by atoms with Crippen molar-refractivity contribution in [2.75, 3.05) is 6.54 Å². The lowest BCUT2D eigenvalue weighted by Gasteiger charge is -2.33. The van der Waals surface area contributed by atoms with Crippen molar-refractivity contribution in [1.82, 2.24) is 5.32 Å². The van der Waals surface area contributed by atoms with Gasteiger partial charge in [0, 0.05) is 12.0 Å². The summed E-state index contributed by atoms with van der Waals surface area (Å²) in [4.78, 5) is 0. The highest BCUT2D eigenvalue weighted by Crippen LogP contribution is 2.34. The molecule has 2 rings (SSSR count). The molecule has 1 fully saturated rings. The van der Waals surface area contributed by atoms with Crippen molar-refractivity contribution in [3.05, 3.63) is 35.4 Å². The molecule has 1 saturated carbocycles. The van der Waals surface area contributed by atoms with Gasteiger partial charge in [0.2, 0.25) is 0 Å². The first-order valence-electron chi connectivity index (χ1n) is 6.91. The maximum absolute atomic E-state index is 13.9. The predicted molar refractivity (Wildman–Crippen MR) is 69.6 cm³/mol. The van der Waals surface area contributed by atoms with Crippen LogP contribution in [0.4, 0.5) is 8.78 Å². The van der Waals surface area contributed by atoms with Crippen molar-refractivity contribution < 1.29 is 8.78 Å². The second-order valence-corrected chi connectivity index (χ2v) is 5.09. The van der Waals surface area contributed by atoms with E-state index in [1.54, 1.807) is 12.1 Å². The average Bonchev–Trinajstić information content (AvgIpc) is 2.40. The maximum Gasteiger partial charge on any atom is 0.162 e. The van der Waals surface area contributed by atoms with E-state index in [0.717, 1.165) is 32.2 Å². The molecule has 1 aromatic carbocycles. The minimum absolute atomic E-state index is 0.112. The van der Waals surface area contributed by atoms with Crippen LogP contribution in [0.5, 0.6) is 0 Å². The summed E-state index contributed by atoms with van der Waals surface area (Å²) in [5, 5.41) is 3.48. The quantitative estimate of drug-likeness (QED) is 0.855. The number of benzene rings is 1. The number of hydrogen-bond donors (Lipinski definition) is 1. The zero-order chi connectivity index (χ0) is 13.0. The molecule has 0 spiro atoms. The van der Waals surface area contributed by atoms with Gasteiger partial charge in [0.15, 0.2) is 11.6 Å². The van der Waals surface area contributed by atoms with Crippen molar-refractivity contribution in [1.29, 1.82) is 0 Å². The molecule has 0 saturated heterocycles. The highest BCUT2D eigenvalue weighted by Gasteiger charge is 2.28. The van der Waals surface area contributed by atoms with Crippen molar-refractivity contribution in [2.45, 2.75) is 51.0 Å². The zero-order valence-electron chi connectivity index (χ0n) is 10.9. The number of rotatable bonds is 4. The highest BCUT2D eigenvalue weighted by molar-refractivity contribution is 5.25. The molecule has 0 aliphatic heterocycles. The molecule has 1 aliphatic rings. The van der Waals surface area contributed by atoms with Crippen LogP contribution in [0.1, 0.15) is 50.5 Å². The van der Waals surface area contributed by atoms with E-state index >= 15 is 0 Å². The lowest BCUT2D eigenvalue weighted by Crippen LogP contribution is -2.38. The van der Waals surface area contributed by atoms with Gasteiger partial charge in [-0.15, -0.1) is 0 Å². The summed E-state index contributed by atoms with van der Waals surface area (Å²) in [6.45, 7) is 3.06. The summed E-state index contributed by atoms with van der Waals surface area (Å²) in [5.41, 5.74) is 0.545. The van der Waals surface area contributed by atoms with Gasteiger partial charge in [-0.1, -0.05) is 31.9 Å². The molecule has 0 amide bonds. The summed E-state index contributed by atoms with van der Waals surface area (Å²) in [7, 11) is 0. The lowest BCUT2D eigenvalue weighted by atomic mass is 9.79. The lowest BCUT2D eigenvalue weighted by molar-refractivity contribution is 0.319. The summed E-state index contributed by atoms with van der Waals surface area (Å²) in [5.74, 6) is -1.28. The molecule has 1 aliphatic carbocycles. The molecular formula is C15H21F2N. The minimum Gasteiger partial charge on any atom is -0.313 e. The van der Waals surface area contributed by atoms with Crippen molar-refractivity contribution in [2.24, 2.45) is 0 Å². The monoisotopic (exact) mass is 253 g/mol. The number of halogens is 2. The summed E-state index contributed by atoms with van der Waals surface area (Å²) < 4.78 is 27.2. The van der Waals surface area contributed by atoms with Gasteiger partial charge in [0.05, 0.1) is 0 Å². The Balaban J connectivity index is 2.19. The molecular weight excluding hydrogens is 232 g/mol. The van der Waals surface area contributed by atoms with E-state index in [9.17, 15) is 8.78 Å². The molecule has 3 heteroatoms. The van der Waals surface area contributed by atoms with Gasteiger partial charge in [0.25, 0.3) is 0 Å². The minimum atomic E-state index is -0.729. The Bertz CT molecular complexity index is 392. The number of nitrogens with one attached hydrogen (secondary N) is 1. The van der Waals surface area contributed by atoms with E-state index in [0.29, 0.717) is 5.56 Å². The predicted octanol–water partition coefficient (Wildman–Crippen LogP) is 3.99. The molecule has 2 atom stereocenters. The molecule has 1 aromatic rings. The van der Waals surface area contributed by atoms with E-state index in [1.165, 1.54) is 12.5 Å². The molecule has 0 aromatic heterocycles. The summed E-state index contributed by atoms with van der Waals surface area (Å²) in [6, 6.07) is 4.82. The fraction of sp³-hybridized carbons (Fsp3) is 0.600. The third-order valence-electron chi connectivity index (χ3n) is 3.80. The fourth-order valence-electron chi connectivity index (χ4n) is 2.88. The topological polar surface area (TPSA) is 12.0 Å². The normalized spacial score (nSPS) is 24.2. The maximum atomic E-state index is 13.9. The Labute approximate surface area is 108 Å². The van der Waals surface area contributed by atoms with Crippen LogP contribution in [0.3, 0.4) is 0 Å². The molecule has 2 unspecified atom stereocenters. The van der Waals surface area contributed by atoms with Crippen LogP contribution in [-0.4, -0.2) is 12.6 Å². The largest absolute Gasteiger partial charge is 0.313 e. The van der Waals surface area contributed by atoms with Gasteiger partial charge in [-0.2, -0.15) is 0 Å². The second kappa shape index (κ2) is 6.28. The smallest absolute Gasteiger partial charge is 0.162 e. The van der Waals surface area contributed by atoms with Crippen LogP contribution >= 0.6 is 0 Å². The molecule has 0 bridgehead atoms. The first-order valence-corrected chi connectivity index (χ1v) is 6.91. The van der Waals surface area contributed by atoms with Crippen LogP contribution in [0.25, 0.3) is 0 Å². The SMILES string of the molecule is CCCNC1CCCCC1c1cccc(F)c1F. The van der Waals surface area contributed by atoms with Crippen LogP contribution in [-0.2, 0) is 0 Å². The van der Waals surface area contributed by atoms with Gasteiger partial charge in [-0.3, -0.25) is 0 Å². The Hall–Kier alpha value is -0.960. The van der Waals surface area contributed by atoms with E-state index in [2.05, 4.69) is 12.2 Å². The van der Waals surface area contributed by atoms with Crippen LogP contribution < -0.4 is 5.32 Å². The molecule has 0 radical (unpaired) electrons. The first kappa shape index (κ1) is 13.5. The Morgan fingerprint density at radius 2 is 2.00 bits per heavy atom.